The summed E-state index contributed by atoms with van der Waals surface area (Å²) in [7, 11) is 0. The standard InChI is InChI=1S/C19H20BrN3O3/c1-19(2,3)26-17(24)12-8-6-10-23(12)16-15-14(21-18(20)22-16)11-7-4-5-9-13(11)25-15/h4-5,7,9,12H,6,8,10H2,1-3H3/t12-/m0/s1. The number of carbonyl (C=O) groups is 1. The van der Waals surface area contributed by atoms with Crippen molar-refractivity contribution in [3.05, 3.63) is 29.0 Å². The molecule has 0 N–H and O–H groups in total. The minimum Gasteiger partial charge on any atom is -0.458 e. The van der Waals surface area contributed by atoms with Gasteiger partial charge in [0.25, 0.3) is 0 Å². The maximum Gasteiger partial charge on any atom is 0.329 e. The Morgan fingerprint density at radius 3 is 2.85 bits per heavy atom. The van der Waals surface area contributed by atoms with Gasteiger partial charge in [0, 0.05) is 11.9 Å². The molecule has 0 radical (unpaired) electrons. The fraction of sp³-hybridized carbons (Fsp3) is 0.421. The van der Waals surface area contributed by atoms with E-state index in [0.717, 1.165) is 35.9 Å². The number of rotatable bonds is 2. The average molecular weight is 418 g/mol. The number of hydrogen-bond donors (Lipinski definition) is 0. The molecule has 3 aromatic rings. The van der Waals surface area contributed by atoms with Crippen LogP contribution >= 0.6 is 15.9 Å². The molecule has 1 aliphatic heterocycles. The summed E-state index contributed by atoms with van der Waals surface area (Å²) in [5, 5.41) is 0.930. The van der Waals surface area contributed by atoms with Crippen LogP contribution in [0.2, 0.25) is 0 Å². The molecule has 0 spiro atoms. The van der Waals surface area contributed by atoms with Gasteiger partial charge in [0.15, 0.2) is 16.1 Å². The number of anilines is 1. The van der Waals surface area contributed by atoms with Crippen LogP contribution < -0.4 is 4.90 Å². The van der Waals surface area contributed by atoms with E-state index >= 15 is 0 Å². The lowest BCUT2D eigenvalue weighted by Crippen LogP contribution is -2.41. The third-order valence-corrected chi connectivity index (χ3v) is 4.73. The second-order valence-corrected chi connectivity index (χ2v) is 8.19. The molecule has 0 amide bonds. The number of benzene rings is 1. The van der Waals surface area contributed by atoms with Gasteiger partial charge in [0.05, 0.1) is 0 Å². The molecular formula is C19H20BrN3O3. The molecule has 6 nitrogen and oxygen atoms in total. The van der Waals surface area contributed by atoms with Crippen LogP contribution in [-0.4, -0.2) is 34.1 Å². The molecule has 0 bridgehead atoms. The largest absolute Gasteiger partial charge is 0.458 e. The van der Waals surface area contributed by atoms with Crippen LogP contribution in [0, 0.1) is 0 Å². The van der Waals surface area contributed by atoms with E-state index in [-0.39, 0.29) is 12.0 Å². The van der Waals surface area contributed by atoms with Gasteiger partial charge in [-0.25, -0.2) is 14.8 Å². The van der Waals surface area contributed by atoms with Gasteiger partial charge in [-0.3, -0.25) is 0 Å². The zero-order chi connectivity index (χ0) is 18.5. The van der Waals surface area contributed by atoms with E-state index in [1.165, 1.54) is 0 Å². The first-order valence-electron chi connectivity index (χ1n) is 8.68. The Morgan fingerprint density at radius 1 is 1.31 bits per heavy atom. The molecule has 26 heavy (non-hydrogen) atoms. The summed E-state index contributed by atoms with van der Waals surface area (Å²) in [4.78, 5) is 23.7. The van der Waals surface area contributed by atoms with Crippen molar-refractivity contribution < 1.29 is 13.9 Å². The van der Waals surface area contributed by atoms with E-state index in [1.807, 2.05) is 49.9 Å². The van der Waals surface area contributed by atoms with Gasteiger partial charge in [0.1, 0.15) is 22.7 Å². The first kappa shape index (κ1) is 17.3. The molecule has 0 unspecified atom stereocenters. The number of carbonyl (C=O) groups excluding carboxylic acids is 1. The molecule has 1 fully saturated rings. The highest BCUT2D eigenvalue weighted by Gasteiger charge is 2.36. The number of ether oxygens (including phenoxy) is 1. The lowest BCUT2D eigenvalue weighted by Gasteiger charge is -2.28. The molecule has 0 saturated carbocycles. The van der Waals surface area contributed by atoms with Crippen LogP contribution in [0.3, 0.4) is 0 Å². The number of fused-ring (bicyclic) bond motifs is 3. The first-order chi connectivity index (χ1) is 12.3. The lowest BCUT2D eigenvalue weighted by atomic mass is 10.1. The predicted octanol–water partition coefficient (Wildman–Crippen LogP) is 4.45. The van der Waals surface area contributed by atoms with Gasteiger partial charge in [-0.1, -0.05) is 12.1 Å². The summed E-state index contributed by atoms with van der Waals surface area (Å²) in [6.45, 7) is 6.36. The number of para-hydroxylation sites is 1. The van der Waals surface area contributed by atoms with E-state index in [4.69, 9.17) is 9.15 Å². The molecule has 2 aromatic heterocycles. The van der Waals surface area contributed by atoms with E-state index in [2.05, 4.69) is 25.9 Å². The zero-order valence-corrected chi connectivity index (χ0v) is 16.5. The maximum absolute atomic E-state index is 12.7. The Labute approximate surface area is 159 Å². The van der Waals surface area contributed by atoms with Crippen LogP contribution in [-0.2, 0) is 9.53 Å². The highest BCUT2D eigenvalue weighted by Crippen LogP contribution is 2.36. The van der Waals surface area contributed by atoms with Crippen molar-refractivity contribution in [1.29, 1.82) is 0 Å². The van der Waals surface area contributed by atoms with Gasteiger partial charge >= 0.3 is 5.97 Å². The number of hydrogen-bond acceptors (Lipinski definition) is 6. The van der Waals surface area contributed by atoms with Gasteiger partial charge in [-0.05, 0) is 61.7 Å². The highest BCUT2D eigenvalue weighted by molar-refractivity contribution is 9.10. The molecule has 136 valence electrons. The maximum atomic E-state index is 12.7. The molecule has 1 aliphatic rings. The summed E-state index contributed by atoms with van der Waals surface area (Å²) < 4.78 is 12.1. The second-order valence-electron chi connectivity index (χ2n) is 7.48. The Hall–Kier alpha value is -2.15. The highest BCUT2D eigenvalue weighted by atomic mass is 79.9. The lowest BCUT2D eigenvalue weighted by molar-refractivity contribution is -0.156. The molecule has 3 heterocycles. The van der Waals surface area contributed by atoms with Crippen molar-refractivity contribution in [2.24, 2.45) is 0 Å². The molecule has 1 atom stereocenters. The molecular weight excluding hydrogens is 398 g/mol. The third-order valence-electron chi connectivity index (χ3n) is 4.38. The summed E-state index contributed by atoms with van der Waals surface area (Å²) in [5.41, 5.74) is 1.58. The van der Waals surface area contributed by atoms with Crippen molar-refractivity contribution >= 4 is 49.8 Å². The van der Waals surface area contributed by atoms with Crippen molar-refractivity contribution in [1.82, 2.24) is 9.97 Å². The smallest absolute Gasteiger partial charge is 0.329 e. The van der Waals surface area contributed by atoms with Crippen LogP contribution in [0.1, 0.15) is 33.6 Å². The van der Waals surface area contributed by atoms with Crippen molar-refractivity contribution in [2.45, 2.75) is 45.3 Å². The van der Waals surface area contributed by atoms with Crippen LogP contribution in [0.25, 0.3) is 22.1 Å². The Bertz CT molecular complexity index is 993. The van der Waals surface area contributed by atoms with Crippen molar-refractivity contribution in [3.63, 3.8) is 0 Å². The quantitative estimate of drug-likeness (QED) is 0.453. The summed E-state index contributed by atoms with van der Waals surface area (Å²) in [5.74, 6) is 0.403. The molecule has 7 heteroatoms. The molecule has 0 aliphatic carbocycles. The zero-order valence-electron chi connectivity index (χ0n) is 15.0. The Balaban J connectivity index is 1.81. The van der Waals surface area contributed by atoms with E-state index in [0.29, 0.717) is 16.1 Å². The van der Waals surface area contributed by atoms with E-state index in [1.54, 1.807) is 0 Å². The summed E-state index contributed by atoms with van der Waals surface area (Å²) in [6, 6.07) is 7.38. The first-order valence-corrected chi connectivity index (χ1v) is 9.47. The Morgan fingerprint density at radius 2 is 2.08 bits per heavy atom. The van der Waals surface area contributed by atoms with Crippen LogP contribution in [0.15, 0.2) is 33.4 Å². The van der Waals surface area contributed by atoms with Crippen molar-refractivity contribution in [2.75, 3.05) is 11.4 Å². The Kier molecular flexibility index (Phi) is 4.14. The summed E-state index contributed by atoms with van der Waals surface area (Å²) >= 11 is 3.40. The number of aromatic nitrogens is 2. The third kappa shape index (κ3) is 3.05. The normalized spacial score (nSPS) is 18.0. The van der Waals surface area contributed by atoms with Gasteiger partial charge in [-0.2, -0.15) is 0 Å². The number of nitrogens with zero attached hydrogens (tertiary/aromatic N) is 3. The topological polar surface area (TPSA) is 68.5 Å². The van der Waals surface area contributed by atoms with E-state index < -0.39 is 5.60 Å². The average Bonchev–Trinajstić information content (AvgIpc) is 3.17. The minimum absolute atomic E-state index is 0.228. The van der Waals surface area contributed by atoms with Crippen LogP contribution in [0.5, 0.6) is 0 Å². The van der Waals surface area contributed by atoms with E-state index in [9.17, 15) is 4.79 Å². The fourth-order valence-corrected chi connectivity index (χ4v) is 3.72. The number of esters is 1. The monoisotopic (exact) mass is 417 g/mol. The number of furan rings is 1. The fourth-order valence-electron chi connectivity index (χ4n) is 3.38. The van der Waals surface area contributed by atoms with Gasteiger partial charge < -0.3 is 14.1 Å². The molecule has 4 rings (SSSR count). The number of halogens is 1. The van der Waals surface area contributed by atoms with Gasteiger partial charge in [-0.15, -0.1) is 0 Å². The van der Waals surface area contributed by atoms with Crippen LogP contribution in [0.4, 0.5) is 5.82 Å². The van der Waals surface area contributed by atoms with Gasteiger partial charge in [0.2, 0.25) is 0 Å². The molecule has 1 saturated heterocycles. The SMILES string of the molecule is CC(C)(C)OC(=O)[C@@H]1CCCN1c1nc(Br)nc2c1oc1ccccc12. The predicted molar refractivity (Wildman–Crippen MR) is 103 cm³/mol. The minimum atomic E-state index is -0.522. The second kappa shape index (κ2) is 6.23. The summed E-state index contributed by atoms with van der Waals surface area (Å²) in [6.07, 6.45) is 1.63. The molecule has 1 aromatic carbocycles. The van der Waals surface area contributed by atoms with Crippen molar-refractivity contribution in [3.8, 4) is 0 Å².